The summed E-state index contributed by atoms with van der Waals surface area (Å²) in [5.74, 6) is -1.75. The van der Waals surface area contributed by atoms with E-state index in [1.165, 1.54) is 122 Å². The highest BCUT2D eigenvalue weighted by molar-refractivity contribution is 5.70. The number of quaternary nitrogens is 1. The normalized spacial score (nSPS) is 13.2. The van der Waals surface area contributed by atoms with Gasteiger partial charge in [-0.2, -0.15) is 0 Å². The number of esters is 2. The van der Waals surface area contributed by atoms with E-state index in [2.05, 4.69) is 50.3 Å². The Bertz CT molecular complexity index is 1030. The third-order valence-corrected chi connectivity index (χ3v) is 10.5. The van der Waals surface area contributed by atoms with E-state index >= 15 is 0 Å². The summed E-state index contributed by atoms with van der Waals surface area (Å²) in [6.07, 6.45) is 45.9. The van der Waals surface area contributed by atoms with E-state index in [9.17, 15) is 19.5 Å². The molecule has 8 nitrogen and oxygen atoms in total. The van der Waals surface area contributed by atoms with Crippen molar-refractivity contribution >= 4 is 17.9 Å². The molecule has 0 aliphatic heterocycles. The summed E-state index contributed by atoms with van der Waals surface area (Å²) in [7, 11) is 5.40. The van der Waals surface area contributed by atoms with E-state index in [0.717, 1.165) is 51.4 Å². The second kappa shape index (κ2) is 40.3. The fraction of sp³-hybridized carbons (Fsp3) is 0.816. The number of carbonyl (C=O) groups excluding carboxylic acids is 3. The maximum absolute atomic E-state index is 12.7. The quantitative estimate of drug-likeness (QED) is 0.0199. The van der Waals surface area contributed by atoms with Crippen molar-refractivity contribution in [3.63, 3.8) is 0 Å². The molecule has 0 fully saturated rings. The summed E-state index contributed by atoms with van der Waals surface area (Å²) in [6.45, 7) is 4.63. The zero-order valence-corrected chi connectivity index (χ0v) is 37.8. The number of nitrogens with zero attached hydrogens (tertiary/aromatic N) is 1. The predicted octanol–water partition coefficient (Wildman–Crippen LogP) is 11.7. The number of allylic oxidation sites excluding steroid dienone is 6. The van der Waals surface area contributed by atoms with Crippen LogP contribution in [0.4, 0.5) is 0 Å². The fourth-order valence-corrected chi connectivity index (χ4v) is 6.82. The Morgan fingerprint density at radius 3 is 1.40 bits per heavy atom. The molecule has 0 aliphatic carbocycles. The van der Waals surface area contributed by atoms with Gasteiger partial charge in [-0.3, -0.25) is 9.59 Å². The van der Waals surface area contributed by atoms with E-state index in [4.69, 9.17) is 14.2 Å². The summed E-state index contributed by atoms with van der Waals surface area (Å²) >= 11 is 0. The highest BCUT2D eigenvalue weighted by atomic mass is 16.6. The number of carboxylic acids is 1. The number of carboxylic acid groups (broad SMARTS) is 1. The van der Waals surface area contributed by atoms with Crippen LogP contribution in [0.2, 0.25) is 0 Å². The number of rotatable bonds is 42. The van der Waals surface area contributed by atoms with E-state index in [1.807, 2.05) is 0 Å². The molecule has 0 saturated carbocycles. The zero-order chi connectivity index (χ0) is 42.1. The summed E-state index contributed by atoms with van der Waals surface area (Å²) in [6, 6.07) is -0.727. The standard InChI is InChI=1S/C49H89NO7/c1-6-8-10-12-14-16-18-20-21-22-23-24-25-26-28-29-31-33-35-37-39-47(51)56-44-45(43-55-42-41-46(49(53)54)50(3,4)5)57-48(52)40-38-36-34-32-30-27-19-17-15-13-11-9-7-2/h16,18,20-21,27,30,45-46H,6-15,17,19,22-26,28-29,31-44H2,1-5H3/b18-16+,21-20+,30-27+. The van der Waals surface area contributed by atoms with E-state index in [-0.39, 0.29) is 42.7 Å². The molecule has 0 bridgehead atoms. The first kappa shape index (κ1) is 54.6. The number of hydrogen-bond acceptors (Lipinski definition) is 7. The molecule has 57 heavy (non-hydrogen) atoms. The summed E-state index contributed by atoms with van der Waals surface area (Å²) in [5, 5.41) is 11.6. The third-order valence-electron chi connectivity index (χ3n) is 10.5. The summed E-state index contributed by atoms with van der Waals surface area (Å²) in [5.41, 5.74) is 0. The molecule has 0 heterocycles. The maximum atomic E-state index is 12.7. The second-order valence-electron chi connectivity index (χ2n) is 17.0. The van der Waals surface area contributed by atoms with Crippen LogP contribution in [0.1, 0.15) is 206 Å². The number of carbonyl (C=O) groups is 3. The van der Waals surface area contributed by atoms with E-state index in [1.54, 1.807) is 21.1 Å². The molecule has 2 unspecified atom stereocenters. The molecule has 0 spiro atoms. The Hall–Kier alpha value is -2.45. The molecule has 0 radical (unpaired) electrons. The monoisotopic (exact) mass is 804 g/mol. The van der Waals surface area contributed by atoms with Crippen LogP contribution < -0.4 is 5.11 Å². The summed E-state index contributed by atoms with van der Waals surface area (Å²) < 4.78 is 17.2. The lowest BCUT2D eigenvalue weighted by atomic mass is 10.1. The smallest absolute Gasteiger partial charge is 0.306 e. The van der Waals surface area contributed by atoms with Gasteiger partial charge in [-0.15, -0.1) is 0 Å². The topological polar surface area (TPSA) is 102 Å². The Morgan fingerprint density at radius 2 is 0.930 bits per heavy atom. The van der Waals surface area contributed by atoms with Crippen molar-refractivity contribution in [3.8, 4) is 0 Å². The van der Waals surface area contributed by atoms with Gasteiger partial charge in [0.2, 0.25) is 0 Å². The summed E-state index contributed by atoms with van der Waals surface area (Å²) in [4.78, 5) is 36.9. The van der Waals surface area contributed by atoms with Gasteiger partial charge in [0, 0.05) is 19.3 Å². The van der Waals surface area contributed by atoms with Gasteiger partial charge in [0.1, 0.15) is 12.6 Å². The van der Waals surface area contributed by atoms with Gasteiger partial charge < -0.3 is 28.6 Å². The van der Waals surface area contributed by atoms with Crippen molar-refractivity contribution in [2.24, 2.45) is 0 Å². The molecule has 0 saturated heterocycles. The maximum Gasteiger partial charge on any atom is 0.306 e. The van der Waals surface area contributed by atoms with Gasteiger partial charge in [-0.1, -0.05) is 159 Å². The van der Waals surface area contributed by atoms with Crippen LogP contribution in [0, 0.1) is 0 Å². The van der Waals surface area contributed by atoms with Crippen molar-refractivity contribution < 1.29 is 38.2 Å². The predicted molar refractivity (Wildman–Crippen MR) is 236 cm³/mol. The lowest BCUT2D eigenvalue weighted by Gasteiger charge is -2.34. The number of likely N-dealkylation sites (N-methyl/N-ethyl adjacent to an activating group) is 1. The van der Waals surface area contributed by atoms with Crippen LogP contribution in [-0.2, 0) is 28.6 Å². The van der Waals surface area contributed by atoms with E-state index < -0.39 is 18.1 Å². The van der Waals surface area contributed by atoms with Crippen LogP contribution in [0.15, 0.2) is 36.5 Å². The molecular weight excluding hydrogens is 715 g/mol. The number of unbranched alkanes of at least 4 members (excludes halogenated alkanes) is 23. The molecule has 0 aromatic rings. The first-order valence-electron chi connectivity index (χ1n) is 23.5. The molecule has 8 heteroatoms. The van der Waals surface area contributed by atoms with Crippen LogP contribution in [0.5, 0.6) is 0 Å². The molecule has 0 aliphatic rings. The van der Waals surface area contributed by atoms with Crippen molar-refractivity contribution in [3.05, 3.63) is 36.5 Å². The molecular formula is C49H89NO7. The van der Waals surface area contributed by atoms with Gasteiger partial charge in [-0.25, -0.2) is 0 Å². The van der Waals surface area contributed by atoms with Crippen molar-refractivity contribution in [2.75, 3.05) is 41.0 Å². The van der Waals surface area contributed by atoms with E-state index in [0.29, 0.717) is 12.8 Å². The second-order valence-corrected chi connectivity index (χ2v) is 17.0. The Morgan fingerprint density at radius 1 is 0.526 bits per heavy atom. The lowest BCUT2D eigenvalue weighted by molar-refractivity contribution is -0.889. The third kappa shape index (κ3) is 38.8. The number of aliphatic carboxylic acids is 1. The van der Waals surface area contributed by atoms with Gasteiger partial charge >= 0.3 is 11.9 Å². The van der Waals surface area contributed by atoms with Gasteiger partial charge in [0.25, 0.3) is 0 Å². The van der Waals surface area contributed by atoms with Crippen LogP contribution >= 0.6 is 0 Å². The Labute approximate surface area is 351 Å². The van der Waals surface area contributed by atoms with Crippen LogP contribution in [0.25, 0.3) is 0 Å². The lowest BCUT2D eigenvalue weighted by Crippen LogP contribution is -2.55. The molecule has 0 rings (SSSR count). The SMILES string of the molecule is CCCCCC/C=C/C=C/CCCCCCCCCCCCC(=O)OCC(COCCC(C(=O)[O-])[N+](C)(C)C)OC(=O)CCCCC/C=C/CCCCCCCC. The minimum Gasteiger partial charge on any atom is -0.544 e. The zero-order valence-electron chi connectivity index (χ0n) is 37.8. The van der Waals surface area contributed by atoms with Gasteiger partial charge in [0.15, 0.2) is 6.10 Å². The molecule has 0 amide bonds. The van der Waals surface area contributed by atoms with Gasteiger partial charge in [-0.05, 0) is 64.2 Å². The highest BCUT2D eigenvalue weighted by Gasteiger charge is 2.25. The number of ether oxygens (including phenoxy) is 3. The van der Waals surface area contributed by atoms with Crippen LogP contribution in [-0.4, -0.2) is 75.5 Å². The first-order chi connectivity index (χ1) is 27.6. The molecule has 0 aromatic heterocycles. The van der Waals surface area contributed by atoms with Crippen molar-refractivity contribution in [2.45, 2.75) is 219 Å². The molecule has 0 aromatic carbocycles. The first-order valence-corrected chi connectivity index (χ1v) is 23.5. The minimum atomic E-state index is -1.13. The molecule has 0 N–H and O–H groups in total. The molecule has 332 valence electrons. The van der Waals surface area contributed by atoms with Crippen molar-refractivity contribution in [1.29, 1.82) is 0 Å². The average Bonchev–Trinajstić information content (AvgIpc) is 3.17. The Kier molecular flexibility index (Phi) is 38.6. The molecule has 2 atom stereocenters. The average molecular weight is 804 g/mol. The Balaban J connectivity index is 4.28. The van der Waals surface area contributed by atoms with Crippen molar-refractivity contribution in [1.82, 2.24) is 0 Å². The number of hydrogen-bond donors (Lipinski definition) is 0. The minimum absolute atomic E-state index is 0.0350. The fourth-order valence-electron chi connectivity index (χ4n) is 6.82. The largest absolute Gasteiger partial charge is 0.544 e. The highest BCUT2D eigenvalue weighted by Crippen LogP contribution is 2.14. The van der Waals surface area contributed by atoms with Crippen LogP contribution in [0.3, 0.4) is 0 Å². The van der Waals surface area contributed by atoms with Gasteiger partial charge in [0.05, 0.1) is 40.3 Å².